The lowest BCUT2D eigenvalue weighted by Gasteiger charge is -2.16. The maximum absolute atomic E-state index is 5.75. The van der Waals surface area contributed by atoms with Crippen LogP contribution in [0.4, 0.5) is 0 Å². The molecule has 4 nitrogen and oxygen atoms in total. The summed E-state index contributed by atoms with van der Waals surface area (Å²) in [6.45, 7) is 0.549. The van der Waals surface area contributed by atoms with E-state index in [9.17, 15) is 0 Å². The van der Waals surface area contributed by atoms with Crippen molar-refractivity contribution < 1.29 is 4.74 Å². The first-order chi connectivity index (χ1) is 10.3. The highest BCUT2D eigenvalue weighted by Crippen LogP contribution is 2.35. The summed E-state index contributed by atoms with van der Waals surface area (Å²) in [6.07, 6.45) is 4.14. The summed E-state index contributed by atoms with van der Waals surface area (Å²) in [7, 11) is 1.70. The average Bonchev–Trinajstić information content (AvgIpc) is 2.92. The van der Waals surface area contributed by atoms with Crippen LogP contribution < -0.4 is 10.5 Å². The number of pyridine rings is 1. The zero-order valence-electron chi connectivity index (χ0n) is 12.0. The van der Waals surface area contributed by atoms with Crippen molar-refractivity contribution in [3.05, 3.63) is 53.3 Å². The van der Waals surface area contributed by atoms with Crippen LogP contribution in [0.25, 0.3) is 16.9 Å². The van der Waals surface area contributed by atoms with Gasteiger partial charge in [-0.05, 0) is 42.2 Å². The topological polar surface area (TPSA) is 52.5 Å². The second-order valence-corrected chi connectivity index (χ2v) is 5.40. The molecule has 0 spiro atoms. The molecular weight excluding hydrogens is 262 g/mol. The summed E-state index contributed by atoms with van der Waals surface area (Å²) < 4.78 is 7.54. The molecule has 4 rings (SSSR count). The Morgan fingerprint density at radius 3 is 2.95 bits per heavy atom. The summed E-state index contributed by atoms with van der Waals surface area (Å²) in [5.41, 5.74) is 12.7. The minimum atomic E-state index is 0.549. The fourth-order valence-corrected chi connectivity index (χ4v) is 3.09. The number of nitrogens with zero attached hydrogens (tertiary/aromatic N) is 2. The number of ether oxygens (including phenoxy) is 1. The van der Waals surface area contributed by atoms with Gasteiger partial charge >= 0.3 is 0 Å². The lowest BCUT2D eigenvalue weighted by molar-refractivity contribution is 0.415. The quantitative estimate of drug-likeness (QED) is 0.784. The highest BCUT2D eigenvalue weighted by molar-refractivity contribution is 5.73. The smallest absolute Gasteiger partial charge is 0.137 e. The molecule has 0 atom stereocenters. The lowest BCUT2D eigenvalue weighted by Crippen LogP contribution is -2.06. The number of fused-ring (bicyclic) bond motifs is 5. The van der Waals surface area contributed by atoms with Gasteiger partial charge in [-0.25, -0.2) is 4.98 Å². The van der Waals surface area contributed by atoms with Gasteiger partial charge in [-0.2, -0.15) is 0 Å². The van der Waals surface area contributed by atoms with E-state index in [1.807, 2.05) is 18.2 Å². The first-order valence-corrected chi connectivity index (χ1v) is 7.17. The molecule has 2 aromatic heterocycles. The van der Waals surface area contributed by atoms with Crippen LogP contribution in [0.5, 0.6) is 5.75 Å². The van der Waals surface area contributed by atoms with Gasteiger partial charge in [0.05, 0.1) is 18.5 Å². The van der Waals surface area contributed by atoms with Crippen molar-refractivity contribution in [2.24, 2.45) is 5.73 Å². The predicted octanol–water partition coefficient (Wildman–Crippen LogP) is 2.57. The van der Waals surface area contributed by atoms with E-state index in [0.717, 1.165) is 35.5 Å². The molecule has 21 heavy (non-hydrogen) atoms. The molecule has 0 unspecified atom stereocenters. The molecule has 1 aliphatic carbocycles. The number of aryl methyl sites for hydroxylation is 2. The summed E-state index contributed by atoms with van der Waals surface area (Å²) in [6, 6.07) is 10.3. The Morgan fingerprint density at radius 1 is 1.24 bits per heavy atom. The molecule has 0 fully saturated rings. The average molecular weight is 279 g/mol. The van der Waals surface area contributed by atoms with Gasteiger partial charge in [0.2, 0.25) is 0 Å². The van der Waals surface area contributed by atoms with Crippen LogP contribution in [0.3, 0.4) is 0 Å². The van der Waals surface area contributed by atoms with Gasteiger partial charge in [0.1, 0.15) is 11.4 Å². The fourth-order valence-electron chi connectivity index (χ4n) is 3.09. The summed E-state index contributed by atoms with van der Waals surface area (Å²) in [5.74, 6) is 0.876. The molecule has 1 aromatic carbocycles. The molecule has 0 aliphatic heterocycles. The summed E-state index contributed by atoms with van der Waals surface area (Å²) in [5, 5.41) is 0. The standard InChI is InChI=1S/C17H17N3O/c1-21-13-5-3-12-4-6-15-17(14(12)8-13)19-16-7-2-11(9-18)10-20(15)16/h2-3,5,7-8,10H,4,6,9,18H2,1H3. The number of rotatable bonds is 2. The van der Waals surface area contributed by atoms with E-state index < -0.39 is 0 Å². The van der Waals surface area contributed by atoms with Gasteiger partial charge in [-0.3, -0.25) is 0 Å². The van der Waals surface area contributed by atoms with Gasteiger partial charge in [0.25, 0.3) is 0 Å². The Labute approximate surface area is 123 Å². The zero-order valence-corrected chi connectivity index (χ0v) is 12.0. The second kappa shape index (κ2) is 4.60. The number of hydrogen-bond donors (Lipinski definition) is 1. The molecule has 2 N–H and O–H groups in total. The Hall–Kier alpha value is -2.33. The van der Waals surface area contributed by atoms with E-state index in [2.05, 4.69) is 22.7 Å². The molecule has 0 amide bonds. The van der Waals surface area contributed by atoms with Crippen molar-refractivity contribution in [1.29, 1.82) is 0 Å². The van der Waals surface area contributed by atoms with Crippen molar-refractivity contribution >= 4 is 5.65 Å². The van der Waals surface area contributed by atoms with Crippen molar-refractivity contribution in [1.82, 2.24) is 9.38 Å². The van der Waals surface area contributed by atoms with Crippen LogP contribution in [0.2, 0.25) is 0 Å². The highest BCUT2D eigenvalue weighted by Gasteiger charge is 2.22. The predicted molar refractivity (Wildman–Crippen MR) is 82.5 cm³/mol. The van der Waals surface area contributed by atoms with Gasteiger partial charge in [0.15, 0.2) is 0 Å². The van der Waals surface area contributed by atoms with Crippen molar-refractivity contribution in [3.63, 3.8) is 0 Å². The minimum Gasteiger partial charge on any atom is -0.497 e. The molecule has 0 radical (unpaired) electrons. The van der Waals surface area contributed by atoms with Crippen LogP contribution in [0, 0.1) is 0 Å². The normalized spacial score (nSPS) is 13.0. The van der Waals surface area contributed by atoms with E-state index in [1.165, 1.54) is 16.8 Å². The first kappa shape index (κ1) is 12.4. The van der Waals surface area contributed by atoms with Crippen molar-refractivity contribution in [2.75, 3.05) is 7.11 Å². The SMILES string of the molecule is COc1ccc2c(c1)-c1nc3ccc(CN)cn3c1CC2. The maximum Gasteiger partial charge on any atom is 0.137 e. The number of hydrogen-bond acceptors (Lipinski definition) is 3. The van der Waals surface area contributed by atoms with Crippen LogP contribution in [-0.2, 0) is 19.4 Å². The molecule has 0 saturated heterocycles. The fraction of sp³-hybridized carbons (Fsp3) is 0.235. The Bertz CT molecular complexity index is 835. The number of imidazole rings is 1. The monoisotopic (exact) mass is 279 g/mol. The van der Waals surface area contributed by atoms with E-state index >= 15 is 0 Å². The molecule has 4 heteroatoms. The Morgan fingerprint density at radius 2 is 2.14 bits per heavy atom. The van der Waals surface area contributed by atoms with Crippen LogP contribution in [0.1, 0.15) is 16.8 Å². The largest absolute Gasteiger partial charge is 0.497 e. The van der Waals surface area contributed by atoms with Crippen LogP contribution >= 0.6 is 0 Å². The molecule has 0 saturated carbocycles. The number of aromatic nitrogens is 2. The number of methoxy groups -OCH3 is 1. The highest BCUT2D eigenvalue weighted by atomic mass is 16.5. The molecule has 2 heterocycles. The first-order valence-electron chi connectivity index (χ1n) is 7.17. The molecule has 106 valence electrons. The summed E-state index contributed by atoms with van der Waals surface area (Å²) in [4.78, 5) is 4.81. The molecule has 3 aromatic rings. The third-order valence-electron chi connectivity index (χ3n) is 4.22. The van der Waals surface area contributed by atoms with E-state index in [4.69, 9.17) is 15.5 Å². The van der Waals surface area contributed by atoms with E-state index in [-0.39, 0.29) is 0 Å². The third-order valence-corrected chi connectivity index (χ3v) is 4.22. The lowest BCUT2D eigenvalue weighted by atomic mass is 9.92. The maximum atomic E-state index is 5.75. The summed E-state index contributed by atoms with van der Waals surface area (Å²) >= 11 is 0. The van der Waals surface area contributed by atoms with Crippen LogP contribution in [0.15, 0.2) is 36.5 Å². The van der Waals surface area contributed by atoms with E-state index in [0.29, 0.717) is 6.54 Å². The van der Waals surface area contributed by atoms with Gasteiger partial charge in [-0.15, -0.1) is 0 Å². The second-order valence-electron chi connectivity index (χ2n) is 5.40. The molecule has 0 bridgehead atoms. The number of nitrogens with two attached hydrogens (primary N) is 1. The Kier molecular flexibility index (Phi) is 2.72. The Balaban J connectivity index is 1.97. The minimum absolute atomic E-state index is 0.549. The molecule has 1 aliphatic rings. The van der Waals surface area contributed by atoms with Gasteiger partial charge in [-0.1, -0.05) is 12.1 Å². The van der Waals surface area contributed by atoms with Gasteiger partial charge in [0, 0.05) is 18.3 Å². The van der Waals surface area contributed by atoms with Crippen molar-refractivity contribution in [3.8, 4) is 17.0 Å². The molecular formula is C17H17N3O. The van der Waals surface area contributed by atoms with Gasteiger partial charge < -0.3 is 14.9 Å². The third kappa shape index (κ3) is 1.83. The van der Waals surface area contributed by atoms with Crippen LogP contribution in [-0.4, -0.2) is 16.5 Å². The zero-order chi connectivity index (χ0) is 14.4. The van der Waals surface area contributed by atoms with E-state index in [1.54, 1.807) is 7.11 Å². The van der Waals surface area contributed by atoms with Crippen molar-refractivity contribution in [2.45, 2.75) is 19.4 Å². The number of benzene rings is 1.